The van der Waals surface area contributed by atoms with E-state index in [1.54, 1.807) is 19.2 Å². The third kappa shape index (κ3) is 3.52. The van der Waals surface area contributed by atoms with Crippen LogP contribution in [0.1, 0.15) is 56.7 Å². The van der Waals surface area contributed by atoms with Gasteiger partial charge in [-0.3, -0.25) is 4.79 Å². The maximum atomic E-state index is 12.6. The first kappa shape index (κ1) is 17.4. The van der Waals surface area contributed by atoms with Gasteiger partial charge in [0.2, 0.25) is 0 Å². The van der Waals surface area contributed by atoms with Gasteiger partial charge in [0.1, 0.15) is 0 Å². The van der Waals surface area contributed by atoms with Gasteiger partial charge < -0.3 is 10.4 Å². The highest BCUT2D eigenvalue weighted by atomic mass is 16.3. The second kappa shape index (κ2) is 6.28. The number of aliphatic hydroxyl groups is 1. The zero-order valence-electron chi connectivity index (χ0n) is 14.7. The first-order chi connectivity index (χ1) is 10.6. The van der Waals surface area contributed by atoms with Crippen LogP contribution >= 0.6 is 0 Å². The minimum absolute atomic E-state index is 0.0469. The van der Waals surface area contributed by atoms with Crippen LogP contribution in [0.15, 0.2) is 12.3 Å². The van der Waals surface area contributed by atoms with E-state index < -0.39 is 5.60 Å². The van der Waals surface area contributed by atoms with E-state index in [-0.39, 0.29) is 24.4 Å². The van der Waals surface area contributed by atoms with Crippen LogP contribution in [-0.4, -0.2) is 37.9 Å². The first-order valence-electron chi connectivity index (χ1n) is 7.99. The number of hydrogen-bond acceptors (Lipinski definition) is 4. The molecular weight excluding hydrogens is 292 g/mol. The van der Waals surface area contributed by atoms with Gasteiger partial charge in [-0.25, -0.2) is 9.67 Å². The molecule has 1 atom stereocenters. The molecule has 0 saturated carbocycles. The second-order valence-corrected chi connectivity index (χ2v) is 6.93. The molecule has 0 saturated heterocycles. The van der Waals surface area contributed by atoms with Crippen LogP contribution in [0.25, 0.3) is 11.0 Å². The fourth-order valence-corrected chi connectivity index (χ4v) is 2.27. The number of nitrogens with zero attached hydrogens (tertiary/aromatic N) is 3. The highest BCUT2D eigenvalue weighted by Gasteiger charge is 2.26. The van der Waals surface area contributed by atoms with E-state index >= 15 is 0 Å². The van der Waals surface area contributed by atoms with E-state index in [2.05, 4.69) is 15.4 Å². The van der Waals surface area contributed by atoms with E-state index in [1.165, 1.54) is 0 Å². The molecule has 0 fully saturated rings. The molecule has 2 heterocycles. The molecule has 6 heteroatoms. The second-order valence-electron chi connectivity index (χ2n) is 6.93. The number of carbonyl (C=O) groups is 1. The molecule has 0 spiro atoms. The number of amides is 1. The van der Waals surface area contributed by atoms with Gasteiger partial charge in [0, 0.05) is 18.3 Å². The van der Waals surface area contributed by atoms with Crippen molar-refractivity contribution in [1.29, 1.82) is 0 Å². The van der Waals surface area contributed by atoms with Gasteiger partial charge in [-0.1, -0.05) is 13.8 Å². The molecule has 0 radical (unpaired) electrons. The van der Waals surface area contributed by atoms with Gasteiger partial charge >= 0.3 is 0 Å². The van der Waals surface area contributed by atoms with Crippen molar-refractivity contribution in [2.24, 2.45) is 5.92 Å². The number of carbonyl (C=O) groups excluding carboxylic acids is 1. The Morgan fingerprint density at radius 1 is 1.39 bits per heavy atom. The van der Waals surface area contributed by atoms with Gasteiger partial charge in [0.25, 0.3) is 5.91 Å². The van der Waals surface area contributed by atoms with Crippen LogP contribution in [0.2, 0.25) is 0 Å². The molecular formula is C17H26N4O2. The Hall–Kier alpha value is -1.95. The third-order valence-corrected chi connectivity index (χ3v) is 4.28. The summed E-state index contributed by atoms with van der Waals surface area (Å²) in [6.45, 7) is 11.7. The quantitative estimate of drug-likeness (QED) is 0.887. The molecule has 2 N–H and O–H groups in total. The summed E-state index contributed by atoms with van der Waals surface area (Å²) >= 11 is 0. The predicted octanol–water partition coefficient (Wildman–Crippen LogP) is 2.46. The molecule has 0 bridgehead atoms. The van der Waals surface area contributed by atoms with Crippen molar-refractivity contribution in [3.8, 4) is 0 Å². The number of rotatable bonds is 5. The summed E-state index contributed by atoms with van der Waals surface area (Å²) in [5.74, 6) is -0.171. The van der Waals surface area contributed by atoms with E-state index in [9.17, 15) is 9.90 Å². The maximum Gasteiger partial charge on any atom is 0.252 e. The van der Waals surface area contributed by atoms with Crippen molar-refractivity contribution >= 4 is 16.9 Å². The lowest BCUT2D eigenvalue weighted by Gasteiger charge is -2.27. The Labute approximate surface area is 136 Å². The van der Waals surface area contributed by atoms with Gasteiger partial charge in [-0.2, -0.15) is 5.10 Å². The topological polar surface area (TPSA) is 80.0 Å². The zero-order valence-corrected chi connectivity index (χ0v) is 14.7. The number of aryl methyl sites for hydroxylation is 1. The van der Waals surface area contributed by atoms with Crippen LogP contribution in [0.4, 0.5) is 0 Å². The van der Waals surface area contributed by atoms with E-state index in [4.69, 9.17) is 0 Å². The lowest BCUT2D eigenvalue weighted by Crippen LogP contribution is -2.44. The highest BCUT2D eigenvalue weighted by molar-refractivity contribution is 6.05. The van der Waals surface area contributed by atoms with E-state index in [0.29, 0.717) is 11.2 Å². The van der Waals surface area contributed by atoms with Crippen molar-refractivity contribution in [1.82, 2.24) is 20.1 Å². The van der Waals surface area contributed by atoms with E-state index in [1.807, 2.05) is 39.3 Å². The number of nitrogens with one attached hydrogen (secondary N) is 1. The summed E-state index contributed by atoms with van der Waals surface area (Å²) in [6.07, 6.45) is 1.68. The van der Waals surface area contributed by atoms with Gasteiger partial charge in [-0.15, -0.1) is 0 Å². The summed E-state index contributed by atoms with van der Waals surface area (Å²) in [5.41, 5.74) is 1.07. The zero-order chi connectivity index (χ0) is 17.4. The number of hydrogen-bond donors (Lipinski definition) is 2. The molecule has 1 amide bonds. The minimum Gasteiger partial charge on any atom is -0.388 e. The smallest absolute Gasteiger partial charge is 0.252 e. The summed E-state index contributed by atoms with van der Waals surface area (Å²) in [5, 5.41) is 18.2. The molecule has 0 aliphatic rings. The van der Waals surface area contributed by atoms with Crippen molar-refractivity contribution in [2.45, 2.75) is 53.2 Å². The fraction of sp³-hybridized carbons (Fsp3) is 0.588. The average molecular weight is 318 g/mol. The average Bonchev–Trinajstić information content (AvgIpc) is 2.87. The largest absolute Gasteiger partial charge is 0.388 e. The Bertz CT molecular complexity index is 717. The summed E-state index contributed by atoms with van der Waals surface area (Å²) in [4.78, 5) is 17.1. The Morgan fingerprint density at radius 3 is 2.61 bits per heavy atom. The molecule has 126 valence electrons. The van der Waals surface area contributed by atoms with Crippen LogP contribution < -0.4 is 5.32 Å². The summed E-state index contributed by atoms with van der Waals surface area (Å²) < 4.78 is 1.81. The van der Waals surface area contributed by atoms with Crippen molar-refractivity contribution < 1.29 is 9.90 Å². The predicted molar refractivity (Wildman–Crippen MR) is 90.4 cm³/mol. The number of aromatic nitrogens is 3. The molecule has 2 rings (SSSR count). The molecule has 0 aliphatic carbocycles. The molecule has 2 aromatic rings. The van der Waals surface area contributed by atoms with Crippen molar-refractivity contribution in [2.75, 3.05) is 6.54 Å². The lowest BCUT2D eigenvalue weighted by molar-refractivity contribution is 0.0142. The standard InChI is InChI=1S/C17H26N4O2/c1-10(2)17(6,23)9-18-16(22)13-7-12(5)20-15-14(13)8-19-21(15)11(3)4/h7-8,10-11,23H,9H2,1-6H3,(H,18,22). The van der Waals surface area contributed by atoms with Gasteiger partial charge in [0.15, 0.2) is 5.65 Å². The van der Waals surface area contributed by atoms with Gasteiger partial charge in [0.05, 0.1) is 22.7 Å². The Kier molecular flexibility index (Phi) is 4.75. The Morgan fingerprint density at radius 2 is 2.04 bits per heavy atom. The monoisotopic (exact) mass is 318 g/mol. The SMILES string of the molecule is Cc1cc(C(=O)NCC(C)(O)C(C)C)c2cnn(C(C)C)c2n1. The highest BCUT2D eigenvalue weighted by Crippen LogP contribution is 2.21. The minimum atomic E-state index is -0.945. The number of fused-ring (bicyclic) bond motifs is 1. The van der Waals surface area contributed by atoms with Crippen molar-refractivity contribution in [3.63, 3.8) is 0 Å². The Balaban J connectivity index is 2.34. The molecule has 2 aromatic heterocycles. The fourth-order valence-electron chi connectivity index (χ4n) is 2.27. The third-order valence-electron chi connectivity index (χ3n) is 4.28. The van der Waals surface area contributed by atoms with Crippen molar-refractivity contribution in [3.05, 3.63) is 23.5 Å². The molecule has 0 aromatic carbocycles. The summed E-state index contributed by atoms with van der Waals surface area (Å²) in [7, 11) is 0. The van der Waals surface area contributed by atoms with Crippen LogP contribution in [0.5, 0.6) is 0 Å². The van der Waals surface area contributed by atoms with Gasteiger partial charge in [-0.05, 0) is 39.7 Å². The lowest BCUT2D eigenvalue weighted by atomic mass is 9.92. The summed E-state index contributed by atoms with van der Waals surface area (Å²) in [6, 6.07) is 1.92. The van der Waals surface area contributed by atoms with Crippen LogP contribution in [0, 0.1) is 12.8 Å². The van der Waals surface area contributed by atoms with Crippen LogP contribution in [0.3, 0.4) is 0 Å². The molecule has 0 aliphatic heterocycles. The van der Waals surface area contributed by atoms with Crippen LogP contribution in [-0.2, 0) is 0 Å². The normalized spacial score (nSPS) is 14.5. The van der Waals surface area contributed by atoms with E-state index in [0.717, 1.165) is 11.1 Å². The first-order valence-corrected chi connectivity index (χ1v) is 7.99. The molecule has 6 nitrogen and oxygen atoms in total. The number of pyridine rings is 1. The molecule has 23 heavy (non-hydrogen) atoms. The molecule has 1 unspecified atom stereocenters. The maximum absolute atomic E-state index is 12.6.